The second-order valence-corrected chi connectivity index (χ2v) is 8.08. The van der Waals surface area contributed by atoms with Crippen LogP contribution in [0.3, 0.4) is 0 Å². The molecule has 0 aliphatic rings. The molecule has 0 spiro atoms. The average molecular weight is 401 g/mol. The topological polar surface area (TPSA) is 86.7 Å². The summed E-state index contributed by atoms with van der Waals surface area (Å²) < 4.78 is 38.7. The minimum atomic E-state index is -3.75. The van der Waals surface area contributed by atoms with Crippen LogP contribution in [0, 0.1) is 5.82 Å². The van der Waals surface area contributed by atoms with Crippen molar-refractivity contribution in [1.82, 2.24) is 4.31 Å². The molecular formula is C17H18ClFN2O4S. The van der Waals surface area contributed by atoms with Crippen LogP contribution < -0.4 is 5.32 Å². The van der Waals surface area contributed by atoms with E-state index in [-0.39, 0.29) is 41.6 Å². The first-order valence-corrected chi connectivity index (χ1v) is 9.52. The first-order chi connectivity index (χ1) is 12.2. The maximum absolute atomic E-state index is 12.9. The number of rotatable bonds is 7. The van der Waals surface area contributed by atoms with Crippen molar-refractivity contribution in [2.45, 2.75) is 17.7 Å². The fraction of sp³-hybridized carbons (Fsp3) is 0.235. The van der Waals surface area contributed by atoms with Crippen molar-refractivity contribution in [2.24, 2.45) is 0 Å². The summed E-state index contributed by atoms with van der Waals surface area (Å²) in [6.45, 7) is 0.106. The quantitative estimate of drug-likeness (QED) is 0.698. The van der Waals surface area contributed by atoms with E-state index in [0.717, 1.165) is 16.4 Å². The summed E-state index contributed by atoms with van der Waals surface area (Å²) >= 11 is 5.81. The minimum absolute atomic E-state index is 0.0188. The summed E-state index contributed by atoms with van der Waals surface area (Å²) in [4.78, 5) is 11.9. The molecule has 0 saturated carbocycles. The molecule has 0 radical (unpaired) electrons. The number of carbonyl (C=O) groups is 1. The number of aromatic hydroxyl groups is 1. The monoisotopic (exact) mass is 400 g/mol. The van der Waals surface area contributed by atoms with E-state index >= 15 is 0 Å². The van der Waals surface area contributed by atoms with E-state index < -0.39 is 15.8 Å². The van der Waals surface area contributed by atoms with Gasteiger partial charge in [0.05, 0.1) is 10.6 Å². The lowest BCUT2D eigenvalue weighted by atomic mass is 10.2. The van der Waals surface area contributed by atoms with Crippen molar-refractivity contribution in [2.75, 3.05) is 18.9 Å². The fourth-order valence-corrected chi connectivity index (χ4v) is 3.57. The van der Waals surface area contributed by atoms with Crippen LogP contribution in [-0.2, 0) is 14.8 Å². The van der Waals surface area contributed by atoms with Crippen molar-refractivity contribution in [3.8, 4) is 5.75 Å². The average Bonchev–Trinajstić information content (AvgIpc) is 2.58. The molecule has 0 fully saturated rings. The smallest absolute Gasteiger partial charge is 0.242 e. The van der Waals surface area contributed by atoms with Gasteiger partial charge in [-0.3, -0.25) is 4.79 Å². The van der Waals surface area contributed by atoms with Crippen LogP contribution in [-0.4, -0.2) is 37.3 Å². The molecule has 2 aromatic carbocycles. The number of amides is 1. The highest BCUT2D eigenvalue weighted by Crippen LogP contribution is 2.26. The molecule has 2 N–H and O–H groups in total. The van der Waals surface area contributed by atoms with Crippen LogP contribution >= 0.6 is 11.6 Å². The number of hydrogen-bond acceptors (Lipinski definition) is 4. The fourth-order valence-electron chi connectivity index (χ4n) is 2.19. The van der Waals surface area contributed by atoms with Gasteiger partial charge in [0.1, 0.15) is 11.6 Å². The lowest BCUT2D eigenvalue weighted by Gasteiger charge is -2.17. The number of hydrogen-bond donors (Lipinski definition) is 2. The van der Waals surface area contributed by atoms with Crippen molar-refractivity contribution in [1.29, 1.82) is 0 Å². The van der Waals surface area contributed by atoms with E-state index in [2.05, 4.69) is 5.32 Å². The molecule has 2 rings (SSSR count). The Balaban J connectivity index is 1.89. The maximum Gasteiger partial charge on any atom is 0.242 e. The number of phenols is 1. The summed E-state index contributed by atoms with van der Waals surface area (Å²) in [5.74, 6) is -1.01. The molecule has 140 valence electrons. The Morgan fingerprint density at radius 1 is 1.23 bits per heavy atom. The Labute approximate surface area is 156 Å². The van der Waals surface area contributed by atoms with Gasteiger partial charge in [-0.25, -0.2) is 17.1 Å². The van der Waals surface area contributed by atoms with Crippen molar-refractivity contribution in [3.63, 3.8) is 0 Å². The van der Waals surface area contributed by atoms with E-state index in [4.69, 9.17) is 11.6 Å². The van der Waals surface area contributed by atoms with Crippen LogP contribution in [0.2, 0.25) is 5.02 Å². The number of nitrogens with zero attached hydrogens (tertiary/aromatic N) is 1. The van der Waals surface area contributed by atoms with Crippen molar-refractivity contribution in [3.05, 3.63) is 53.3 Å². The van der Waals surface area contributed by atoms with Crippen LogP contribution in [0.5, 0.6) is 5.75 Å². The molecular weight excluding hydrogens is 383 g/mol. The molecule has 0 aromatic heterocycles. The lowest BCUT2D eigenvalue weighted by Crippen LogP contribution is -2.28. The van der Waals surface area contributed by atoms with Crippen LogP contribution in [0.25, 0.3) is 0 Å². The zero-order chi connectivity index (χ0) is 19.3. The van der Waals surface area contributed by atoms with Gasteiger partial charge < -0.3 is 10.4 Å². The molecule has 0 bridgehead atoms. The van der Waals surface area contributed by atoms with E-state index in [1.807, 2.05) is 0 Å². The van der Waals surface area contributed by atoms with E-state index in [9.17, 15) is 22.7 Å². The molecule has 1 amide bonds. The highest BCUT2D eigenvalue weighted by Gasteiger charge is 2.20. The number of anilines is 1. The maximum atomic E-state index is 12.9. The number of carbonyl (C=O) groups excluding carboxylic acids is 1. The third kappa shape index (κ3) is 5.17. The van der Waals surface area contributed by atoms with E-state index in [1.54, 1.807) is 0 Å². The van der Waals surface area contributed by atoms with Gasteiger partial charge >= 0.3 is 0 Å². The summed E-state index contributed by atoms with van der Waals surface area (Å²) in [5.41, 5.74) is 0.190. The Bertz CT molecular complexity index is 888. The molecule has 0 heterocycles. The van der Waals surface area contributed by atoms with Gasteiger partial charge in [-0.15, -0.1) is 0 Å². The standard InChI is InChI=1S/C17H18ClFN2O4S/c1-21(26(24,25)14-7-5-13(19)6-8-14)10-2-3-17(23)20-15-11-12(18)4-9-16(15)22/h4-9,11,22H,2-3,10H2,1H3,(H,20,23). The van der Waals surface area contributed by atoms with Crippen molar-refractivity contribution < 1.29 is 22.7 Å². The van der Waals surface area contributed by atoms with Crippen LogP contribution in [0.15, 0.2) is 47.4 Å². The van der Waals surface area contributed by atoms with Gasteiger partial charge in [0.25, 0.3) is 0 Å². The number of benzene rings is 2. The molecule has 0 aliphatic carbocycles. The molecule has 0 saturated heterocycles. The molecule has 0 unspecified atom stereocenters. The van der Waals surface area contributed by atoms with Gasteiger partial charge in [0, 0.05) is 25.0 Å². The molecule has 26 heavy (non-hydrogen) atoms. The SMILES string of the molecule is CN(CCCC(=O)Nc1cc(Cl)ccc1O)S(=O)(=O)c1ccc(F)cc1. The summed E-state index contributed by atoms with van der Waals surface area (Å²) in [6, 6.07) is 8.80. The first kappa shape index (κ1) is 20.2. The summed E-state index contributed by atoms with van der Waals surface area (Å²) in [7, 11) is -2.36. The van der Waals surface area contributed by atoms with Crippen LogP contribution in [0.4, 0.5) is 10.1 Å². The van der Waals surface area contributed by atoms with Gasteiger partial charge in [-0.1, -0.05) is 11.6 Å². The van der Waals surface area contributed by atoms with Crippen LogP contribution in [0.1, 0.15) is 12.8 Å². The first-order valence-electron chi connectivity index (χ1n) is 7.70. The van der Waals surface area contributed by atoms with E-state index in [1.165, 1.54) is 37.4 Å². The number of nitrogens with one attached hydrogen (secondary N) is 1. The largest absolute Gasteiger partial charge is 0.506 e. The second kappa shape index (κ2) is 8.48. The van der Waals surface area contributed by atoms with Crippen molar-refractivity contribution >= 4 is 33.2 Å². The molecule has 9 heteroatoms. The van der Waals surface area contributed by atoms with Gasteiger partial charge in [0.15, 0.2) is 0 Å². The number of sulfonamides is 1. The molecule has 2 aromatic rings. The molecule has 6 nitrogen and oxygen atoms in total. The zero-order valence-electron chi connectivity index (χ0n) is 13.9. The highest BCUT2D eigenvalue weighted by atomic mass is 35.5. The number of phenolic OH excluding ortho intramolecular Hbond substituents is 1. The van der Waals surface area contributed by atoms with Gasteiger partial charge in [0.2, 0.25) is 15.9 Å². The van der Waals surface area contributed by atoms with Gasteiger partial charge in [-0.2, -0.15) is 0 Å². The molecule has 0 atom stereocenters. The van der Waals surface area contributed by atoms with E-state index in [0.29, 0.717) is 5.02 Å². The zero-order valence-corrected chi connectivity index (χ0v) is 15.5. The minimum Gasteiger partial charge on any atom is -0.506 e. The Morgan fingerprint density at radius 3 is 2.54 bits per heavy atom. The van der Waals surface area contributed by atoms with Gasteiger partial charge in [-0.05, 0) is 48.9 Å². The summed E-state index contributed by atoms with van der Waals surface area (Å²) in [6.07, 6.45) is 0.319. The second-order valence-electron chi connectivity index (χ2n) is 5.59. The summed E-state index contributed by atoms with van der Waals surface area (Å²) in [5, 5.41) is 12.5. The lowest BCUT2D eigenvalue weighted by molar-refractivity contribution is -0.116. The highest BCUT2D eigenvalue weighted by molar-refractivity contribution is 7.89. The Morgan fingerprint density at radius 2 is 1.88 bits per heavy atom. The third-order valence-corrected chi connectivity index (χ3v) is 5.74. The number of halogens is 2. The third-order valence-electron chi connectivity index (χ3n) is 3.63. The Hall–Kier alpha value is -2.16. The molecule has 0 aliphatic heterocycles. The predicted octanol–water partition coefficient (Wildman–Crippen LogP) is 3.22. The predicted molar refractivity (Wildman–Crippen MR) is 97.2 cm³/mol. The Kier molecular flexibility index (Phi) is 6.57. The normalized spacial score (nSPS) is 11.5.